The number of ether oxygens (including phenoxy) is 1. The van der Waals surface area contributed by atoms with E-state index in [0.29, 0.717) is 36.2 Å². The van der Waals surface area contributed by atoms with Gasteiger partial charge in [0, 0.05) is 38.4 Å². The zero-order valence-electron chi connectivity index (χ0n) is 18.0. The molecule has 0 spiro atoms. The van der Waals surface area contributed by atoms with Crippen LogP contribution in [0.5, 0.6) is 5.75 Å². The number of amides is 2. The van der Waals surface area contributed by atoms with Gasteiger partial charge >= 0.3 is 6.03 Å². The first-order valence-corrected chi connectivity index (χ1v) is 10.4. The summed E-state index contributed by atoms with van der Waals surface area (Å²) in [5.41, 5.74) is 2.66. The Morgan fingerprint density at radius 2 is 1.97 bits per heavy atom. The number of urea groups is 1. The molecule has 1 aromatic heterocycles. The molecule has 1 aliphatic heterocycles. The number of piperidine rings is 1. The van der Waals surface area contributed by atoms with Gasteiger partial charge in [0.05, 0.1) is 18.7 Å². The zero-order chi connectivity index (χ0) is 21.8. The number of anilines is 2. The van der Waals surface area contributed by atoms with Crippen LogP contribution < -0.4 is 15.0 Å². The third-order valence-electron chi connectivity index (χ3n) is 5.49. The molecule has 1 aliphatic rings. The number of hydrogen-bond acceptors (Lipinski definition) is 6. The minimum atomic E-state index is -0.159. The van der Waals surface area contributed by atoms with Crippen LogP contribution in [0, 0.1) is 0 Å². The van der Waals surface area contributed by atoms with Crippen molar-refractivity contribution in [3.8, 4) is 17.1 Å². The van der Waals surface area contributed by atoms with Gasteiger partial charge in [-0.05, 0) is 49.2 Å². The van der Waals surface area contributed by atoms with Crippen LogP contribution in [0.4, 0.5) is 16.2 Å². The maximum atomic E-state index is 12.8. The summed E-state index contributed by atoms with van der Waals surface area (Å²) in [5.74, 6) is 1.78. The number of benzene rings is 2. The maximum Gasteiger partial charge on any atom is 0.321 e. The second kappa shape index (κ2) is 9.07. The number of nitrogens with one attached hydrogen (secondary N) is 1. The Morgan fingerprint density at radius 1 is 1.19 bits per heavy atom. The average molecular weight is 422 g/mol. The molecule has 1 fully saturated rings. The lowest BCUT2D eigenvalue weighted by Gasteiger charge is -2.31. The summed E-state index contributed by atoms with van der Waals surface area (Å²) in [5, 5.41) is 7.10. The number of aromatic nitrogens is 2. The van der Waals surface area contributed by atoms with Crippen LogP contribution in [0.2, 0.25) is 0 Å². The highest BCUT2D eigenvalue weighted by molar-refractivity contribution is 5.91. The van der Waals surface area contributed by atoms with E-state index in [4.69, 9.17) is 9.26 Å². The standard InChI is InChI=1S/C23H27N5O3/c1-27(2)18-12-10-16(11-13-18)21-25-22(31-26-21)17-7-6-14-28(15-17)23(29)24-19-8-4-5-9-20(19)30-3/h4-5,8-13,17H,6-7,14-15H2,1-3H3,(H,24,29). The summed E-state index contributed by atoms with van der Waals surface area (Å²) in [4.78, 5) is 21.3. The van der Waals surface area contributed by atoms with Crippen LogP contribution in [0.3, 0.4) is 0 Å². The highest BCUT2D eigenvalue weighted by Gasteiger charge is 2.29. The molecule has 8 heteroatoms. The molecule has 1 saturated heterocycles. The Hall–Kier alpha value is -3.55. The van der Waals surface area contributed by atoms with Gasteiger partial charge in [-0.25, -0.2) is 4.79 Å². The molecule has 31 heavy (non-hydrogen) atoms. The minimum absolute atomic E-state index is 0.0134. The summed E-state index contributed by atoms with van der Waals surface area (Å²) >= 11 is 0. The lowest BCUT2D eigenvalue weighted by Crippen LogP contribution is -2.41. The first-order chi connectivity index (χ1) is 15.0. The van der Waals surface area contributed by atoms with E-state index in [1.54, 1.807) is 12.0 Å². The second-order valence-electron chi connectivity index (χ2n) is 7.81. The number of methoxy groups -OCH3 is 1. The summed E-state index contributed by atoms with van der Waals surface area (Å²) in [6.07, 6.45) is 1.78. The molecular formula is C23H27N5O3. The molecular weight excluding hydrogens is 394 g/mol. The van der Waals surface area contributed by atoms with Gasteiger partial charge in [0.2, 0.25) is 11.7 Å². The van der Waals surface area contributed by atoms with E-state index < -0.39 is 0 Å². The van der Waals surface area contributed by atoms with Crippen LogP contribution >= 0.6 is 0 Å². The fourth-order valence-electron chi connectivity index (χ4n) is 3.73. The third-order valence-corrected chi connectivity index (χ3v) is 5.49. The zero-order valence-corrected chi connectivity index (χ0v) is 18.0. The van der Waals surface area contributed by atoms with Gasteiger partial charge in [-0.2, -0.15) is 4.98 Å². The molecule has 2 heterocycles. The van der Waals surface area contributed by atoms with Gasteiger partial charge in [-0.15, -0.1) is 0 Å². The summed E-state index contributed by atoms with van der Waals surface area (Å²) in [6, 6.07) is 15.2. The van der Waals surface area contributed by atoms with Crippen molar-refractivity contribution >= 4 is 17.4 Å². The Balaban J connectivity index is 1.43. The van der Waals surface area contributed by atoms with E-state index in [1.807, 2.05) is 67.5 Å². The van der Waals surface area contributed by atoms with Crippen molar-refractivity contribution in [2.45, 2.75) is 18.8 Å². The highest BCUT2D eigenvalue weighted by atomic mass is 16.5. The first kappa shape index (κ1) is 20.7. The molecule has 4 rings (SSSR count). The van der Waals surface area contributed by atoms with Crippen molar-refractivity contribution in [2.75, 3.05) is 44.5 Å². The van der Waals surface area contributed by atoms with Crippen LogP contribution in [0.15, 0.2) is 53.1 Å². The van der Waals surface area contributed by atoms with Crippen LogP contribution in [0.1, 0.15) is 24.7 Å². The molecule has 0 saturated carbocycles. The summed E-state index contributed by atoms with van der Waals surface area (Å²) < 4.78 is 10.9. The van der Waals surface area contributed by atoms with Gasteiger partial charge < -0.3 is 24.4 Å². The van der Waals surface area contributed by atoms with E-state index in [9.17, 15) is 4.79 Å². The topological polar surface area (TPSA) is 83.7 Å². The predicted molar refractivity (Wildman–Crippen MR) is 120 cm³/mol. The molecule has 8 nitrogen and oxygen atoms in total. The van der Waals surface area contributed by atoms with E-state index in [-0.39, 0.29) is 11.9 Å². The lowest BCUT2D eigenvalue weighted by atomic mass is 9.98. The number of para-hydroxylation sites is 2. The number of rotatable bonds is 5. The van der Waals surface area contributed by atoms with Crippen molar-refractivity contribution in [3.05, 3.63) is 54.4 Å². The third kappa shape index (κ3) is 4.63. The number of carbonyl (C=O) groups is 1. The SMILES string of the molecule is COc1ccccc1NC(=O)N1CCCC(c2nc(-c3ccc(N(C)C)cc3)no2)C1. The van der Waals surface area contributed by atoms with Crippen LogP contribution in [-0.2, 0) is 0 Å². The minimum Gasteiger partial charge on any atom is -0.495 e. The van der Waals surface area contributed by atoms with Crippen molar-refractivity contribution < 1.29 is 14.1 Å². The van der Waals surface area contributed by atoms with Crippen molar-refractivity contribution in [1.82, 2.24) is 15.0 Å². The van der Waals surface area contributed by atoms with Gasteiger partial charge in [-0.3, -0.25) is 0 Å². The number of nitrogens with zero attached hydrogens (tertiary/aromatic N) is 4. The molecule has 0 aliphatic carbocycles. The van der Waals surface area contributed by atoms with Crippen LogP contribution in [-0.4, -0.2) is 55.4 Å². The normalized spacial score (nSPS) is 16.1. The van der Waals surface area contributed by atoms with E-state index >= 15 is 0 Å². The highest BCUT2D eigenvalue weighted by Crippen LogP contribution is 2.29. The largest absolute Gasteiger partial charge is 0.495 e. The monoisotopic (exact) mass is 421 g/mol. The number of likely N-dealkylation sites (tertiary alicyclic amines) is 1. The van der Waals surface area contributed by atoms with Gasteiger partial charge in [0.1, 0.15) is 5.75 Å². The van der Waals surface area contributed by atoms with Crippen molar-refractivity contribution in [3.63, 3.8) is 0 Å². The maximum absolute atomic E-state index is 12.8. The van der Waals surface area contributed by atoms with Gasteiger partial charge in [0.25, 0.3) is 0 Å². The Morgan fingerprint density at radius 3 is 2.71 bits per heavy atom. The molecule has 0 bridgehead atoms. The first-order valence-electron chi connectivity index (χ1n) is 10.4. The molecule has 1 unspecified atom stereocenters. The fourth-order valence-corrected chi connectivity index (χ4v) is 3.73. The molecule has 0 radical (unpaired) electrons. The van der Waals surface area contributed by atoms with Crippen molar-refractivity contribution in [1.29, 1.82) is 0 Å². The number of hydrogen-bond donors (Lipinski definition) is 1. The Bertz CT molecular complexity index is 1030. The smallest absolute Gasteiger partial charge is 0.321 e. The lowest BCUT2D eigenvalue weighted by molar-refractivity contribution is 0.184. The molecule has 2 amide bonds. The van der Waals surface area contributed by atoms with E-state index in [0.717, 1.165) is 24.1 Å². The van der Waals surface area contributed by atoms with Gasteiger partial charge in [0.15, 0.2) is 0 Å². The summed E-state index contributed by atoms with van der Waals surface area (Å²) in [7, 11) is 5.59. The van der Waals surface area contributed by atoms with Crippen molar-refractivity contribution in [2.24, 2.45) is 0 Å². The van der Waals surface area contributed by atoms with Gasteiger partial charge in [-0.1, -0.05) is 17.3 Å². The molecule has 3 aromatic rings. The predicted octanol–water partition coefficient (Wildman–Crippen LogP) is 4.22. The second-order valence-corrected chi connectivity index (χ2v) is 7.81. The Kier molecular flexibility index (Phi) is 6.06. The van der Waals surface area contributed by atoms with E-state index in [2.05, 4.69) is 15.5 Å². The number of carbonyl (C=O) groups excluding carboxylic acids is 1. The quantitative estimate of drug-likeness (QED) is 0.664. The molecule has 2 aromatic carbocycles. The summed E-state index contributed by atoms with van der Waals surface area (Å²) in [6.45, 7) is 1.21. The van der Waals surface area contributed by atoms with E-state index in [1.165, 1.54) is 0 Å². The Labute approximate surface area is 181 Å². The average Bonchev–Trinajstić information content (AvgIpc) is 3.30. The molecule has 162 valence electrons. The molecule has 1 atom stereocenters. The molecule has 1 N–H and O–H groups in total. The van der Waals surface area contributed by atoms with Crippen LogP contribution in [0.25, 0.3) is 11.4 Å². The fraction of sp³-hybridized carbons (Fsp3) is 0.348.